The van der Waals surface area contributed by atoms with Crippen LogP contribution in [-0.4, -0.2) is 6.36 Å². The van der Waals surface area contributed by atoms with E-state index in [1.54, 1.807) is 0 Å². The van der Waals surface area contributed by atoms with Crippen LogP contribution >= 0.6 is 11.6 Å². The van der Waals surface area contributed by atoms with Crippen LogP contribution in [0.5, 0.6) is 5.75 Å². The molecule has 0 aliphatic heterocycles. The van der Waals surface area contributed by atoms with Crippen molar-refractivity contribution in [3.63, 3.8) is 0 Å². The highest BCUT2D eigenvalue weighted by molar-refractivity contribution is 6.31. The molecule has 0 amide bonds. The Hall–Kier alpha value is -1.18. The maximum absolute atomic E-state index is 12.9. The fourth-order valence-corrected chi connectivity index (χ4v) is 1.17. The van der Waals surface area contributed by atoms with E-state index in [4.69, 9.17) is 11.6 Å². The van der Waals surface area contributed by atoms with Gasteiger partial charge >= 0.3 is 12.5 Å². The molecule has 0 heterocycles. The summed E-state index contributed by atoms with van der Waals surface area (Å²) in [6.07, 6.45) is -10.4. The highest BCUT2D eigenvalue weighted by Crippen LogP contribution is 2.38. The first-order valence-electron chi connectivity index (χ1n) is 3.82. The van der Waals surface area contributed by atoms with Crippen LogP contribution < -0.4 is 4.74 Å². The minimum Gasteiger partial charge on any atom is -0.406 e. The summed E-state index contributed by atoms with van der Waals surface area (Å²) in [6.45, 7) is 0. The summed E-state index contributed by atoms with van der Waals surface area (Å²) >= 11 is 5.03. The second-order valence-corrected chi connectivity index (χ2v) is 3.22. The van der Waals surface area contributed by atoms with Gasteiger partial charge in [0.05, 0.1) is 10.6 Å². The molecule has 1 rings (SSSR count). The van der Waals surface area contributed by atoms with Crippen molar-refractivity contribution >= 4 is 11.6 Å². The molecule has 96 valence electrons. The van der Waals surface area contributed by atoms with Crippen molar-refractivity contribution in [1.29, 1.82) is 0 Å². The Morgan fingerprint density at radius 1 is 1.00 bits per heavy atom. The van der Waals surface area contributed by atoms with E-state index >= 15 is 0 Å². The molecule has 0 radical (unpaired) electrons. The maximum Gasteiger partial charge on any atom is 0.573 e. The van der Waals surface area contributed by atoms with Crippen LogP contribution in [-0.2, 0) is 6.18 Å². The van der Waals surface area contributed by atoms with E-state index in [2.05, 4.69) is 4.74 Å². The zero-order chi connectivity index (χ0) is 13.4. The van der Waals surface area contributed by atoms with Crippen LogP contribution in [0.15, 0.2) is 12.1 Å². The first-order valence-corrected chi connectivity index (χ1v) is 4.20. The van der Waals surface area contributed by atoms with Crippen molar-refractivity contribution in [2.75, 3.05) is 0 Å². The van der Waals surface area contributed by atoms with Crippen LogP contribution in [0.2, 0.25) is 5.02 Å². The molecule has 0 atom stereocenters. The first kappa shape index (κ1) is 13.9. The Morgan fingerprint density at radius 3 is 1.94 bits per heavy atom. The second-order valence-electron chi connectivity index (χ2n) is 2.81. The molecule has 0 fully saturated rings. The Labute approximate surface area is 94.7 Å². The third kappa shape index (κ3) is 3.65. The van der Waals surface area contributed by atoms with Gasteiger partial charge in [0.15, 0.2) is 5.82 Å². The normalized spacial score (nSPS) is 12.7. The summed E-state index contributed by atoms with van der Waals surface area (Å²) in [5.41, 5.74) is -1.93. The number of hydrogen-bond acceptors (Lipinski definition) is 1. The van der Waals surface area contributed by atoms with Crippen molar-refractivity contribution in [1.82, 2.24) is 0 Å². The molecular formula is C8H2ClF7O. The maximum atomic E-state index is 12.9. The molecule has 0 spiro atoms. The van der Waals surface area contributed by atoms with Crippen molar-refractivity contribution in [2.24, 2.45) is 0 Å². The number of ether oxygens (including phenoxy) is 1. The number of halogens is 8. The van der Waals surface area contributed by atoms with Gasteiger partial charge in [0.2, 0.25) is 0 Å². The third-order valence-corrected chi connectivity index (χ3v) is 1.82. The van der Waals surface area contributed by atoms with E-state index in [1.807, 2.05) is 0 Å². The molecule has 0 aliphatic rings. The Morgan fingerprint density at radius 2 is 1.53 bits per heavy atom. The van der Waals surface area contributed by atoms with E-state index < -0.39 is 34.7 Å². The highest BCUT2D eigenvalue weighted by atomic mass is 35.5. The van der Waals surface area contributed by atoms with Crippen molar-refractivity contribution in [3.8, 4) is 5.75 Å². The minimum absolute atomic E-state index is 0.116. The van der Waals surface area contributed by atoms with Crippen LogP contribution in [0.25, 0.3) is 0 Å². The lowest BCUT2D eigenvalue weighted by Crippen LogP contribution is -2.18. The van der Waals surface area contributed by atoms with Gasteiger partial charge in [-0.3, -0.25) is 0 Å². The average Bonchev–Trinajstić information content (AvgIpc) is 2.06. The van der Waals surface area contributed by atoms with Crippen LogP contribution in [0.4, 0.5) is 30.7 Å². The van der Waals surface area contributed by atoms with Gasteiger partial charge in [0.25, 0.3) is 0 Å². The molecule has 0 saturated carbocycles. The summed E-state index contributed by atoms with van der Waals surface area (Å²) < 4.78 is 88.0. The van der Waals surface area contributed by atoms with E-state index in [-0.39, 0.29) is 6.07 Å². The molecule has 1 nitrogen and oxygen atoms in total. The summed E-state index contributed by atoms with van der Waals surface area (Å²) in [5.74, 6) is -3.09. The lowest BCUT2D eigenvalue weighted by molar-refractivity contribution is -0.274. The Balaban J connectivity index is 3.25. The topological polar surface area (TPSA) is 9.23 Å². The Kier molecular flexibility index (Phi) is 3.47. The average molecular weight is 283 g/mol. The molecule has 1 aromatic carbocycles. The lowest BCUT2D eigenvalue weighted by atomic mass is 10.2. The number of hydrogen-bond donors (Lipinski definition) is 0. The molecular weight excluding hydrogens is 281 g/mol. The third-order valence-electron chi connectivity index (χ3n) is 1.54. The highest BCUT2D eigenvalue weighted by Gasteiger charge is 2.38. The minimum atomic E-state index is -5.19. The van der Waals surface area contributed by atoms with E-state index in [9.17, 15) is 30.7 Å². The fraction of sp³-hybridized carbons (Fsp3) is 0.250. The Bertz CT molecular complexity index is 423. The number of benzene rings is 1. The predicted octanol–water partition coefficient (Wildman–Crippen LogP) is 4.40. The zero-order valence-corrected chi connectivity index (χ0v) is 8.34. The quantitative estimate of drug-likeness (QED) is 0.694. The van der Waals surface area contributed by atoms with E-state index in [1.165, 1.54) is 0 Å². The van der Waals surface area contributed by atoms with Crippen LogP contribution in [0, 0.1) is 5.82 Å². The molecule has 0 aromatic heterocycles. The number of alkyl halides is 6. The van der Waals surface area contributed by atoms with Gasteiger partial charge in [0.1, 0.15) is 5.75 Å². The van der Waals surface area contributed by atoms with Crippen LogP contribution in [0.3, 0.4) is 0 Å². The molecule has 0 N–H and O–H groups in total. The van der Waals surface area contributed by atoms with Gasteiger partial charge < -0.3 is 4.74 Å². The smallest absolute Gasteiger partial charge is 0.406 e. The zero-order valence-electron chi connectivity index (χ0n) is 7.59. The van der Waals surface area contributed by atoms with Gasteiger partial charge in [-0.25, -0.2) is 4.39 Å². The van der Waals surface area contributed by atoms with Gasteiger partial charge in [0, 0.05) is 6.07 Å². The SMILES string of the molecule is Fc1c(Cl)cc(OC(F)(F)F)cc1C(F)(F)F. The molecule has 0 unspecified atom stereocenters. The number of rotatable bonds is 1. The fourth-order valence-electron chi connectivity index (χ4n) is 0.963. The molecule has 0 aliphatic carbocycles. The predicted molar refractivity (Wildman–Crippen MR) is 43.1 cm³/mol. The lowest BCUT2D eigenvalue weighted by Gasteiger charge is -2.13. The largest absolute Gasteiger partial charge is 0.573 e. The van der Waals surface area contributed by atoms with Gasteiger partial charge in [-0.15, -0.1) is 13.2 Å². The van der Waals surface area contributed by atoms with E-state index in [0.29, 0.717) is 6.07 Å². The summed E-state index contributed by atoms with van der Waals surface area (Å²) in [4.78, 5) is 0. The van der Waals surface area contributed by atoms with Gasteiger partial charge in [-0.05, 0) is 6.07 Å². The molecule has 0 bridgehead atoms. The molecule has 17 heavy (non-hydrogen) atoms. The van der Waals surface area contributed by atoms with Crippen LogP contribution in [0.1, 0.15) is 5.56 Å². The molecule has 0 saturated heterocycles. The first-order chi connectivity index (χ1) is 7.50. The van der Waals surface area contributed by atoms with Gasteiger partial charge in [-0.2, -0.15) is 13.2 Å². The summed E-state index contributed by atoms with van der Waals surface area (Å²) in [6, 6.07) is 0.189. The summed E-state index contributed by atoms with van der Waals surface area (Å²) in [7, 11) is 0. The van der Waals surface area contributed by atoms with E-state index in [0.717, 1.165) is 0 Å². The molecule has 9 heteroatoms. The standard InChI is InChI=1S/C8H2ClF7O/c9-5-2-3(17-8(14,15)16)1-4(6(5)10)7(11,12)13/h1-2H. The monoisotopic (exact) mass is 282 g/mol. The summed E-state index contributed by atoms with van der Waals surface area (Å²) in [5, 5.41) is -1.11. The van der Waals surface area contributed by atoms with Crippen molar-refractivity contribution in [3.05, 3.63) is 28.5 Å². The second kappa shape index (κ2) is 4.25. The van der Waals surface area contributed by atoms with Crippen molar-refractivity contribution < 1.29 is 35.5 Å². The van der Waals surface area contributed by atoms with Crippen molar-refractivity contribution in [2.45, 2.75) is 12.5 Å². The van der Waals surface area contributed by atoms with Gasteiger partial charge in [-0.1, -0.05) is 11.6 Å². The molecule has 1 aromatic rings.